The summed E-state index contributed by atoms with van der Waals surface area (Å²) in [4.78, 5) is 13.7. The Kier molecular flexibility index (Phi) is 5.84. The highest BCUT2D eigenvalue weighted by atomic mass is 16.5. The average molecular weight is 389 g/mol. The number of carboxylic acids is 1. The first-order chi connectivity index (χ1) is 14.1. The number of fused-ring (bicyclic) bond motifs is 1. The lowest BCUT2D eigenvalue weighted by Gasteiger charge is -2.28. The predicted molar refractivity (Wildman–Crippen MR) is 114 cm³/mol. The molecule has 29 heavy (non-hydrogen) atoms. The second-order valence-electron chi connectivity index (χ2n) is 8.07. The summed E-state index contributed by atoms with van der Waals surface area (Å²) in [6.45, 7) is 2.80. The van der Waals surface area contributed by atoms with Crippen LogP contribution in [0.15, 0.2) is 71.2 Å². The third kappa shape index (κ3) is 4.61. The number of likely N-dealkylation sites (tertiary alicyclic amines) is 1. The van der Waals surface area contributed by atoms with E-state index >= 15 is 0 Å². The van der Waals surface area contributed by atoms with Crippen molar-refractivity contribution >= 4 is 11.5 Å². The van der Waals surface area contributed by atoms with Crippen molar-refractivity contribution in [3.05, 3.63) is 82.3 Å². The molecule has 4 nitrogen and oxygen atoms in total. The predicted octanol–water partition coefficient (Wildman–Crippen LogP) is 4.71. The summed E-state index contributed by atoms with van der Waals surface area (Å²) in [6.07, 6.45) is 11.3. The van der Waals surface area contributed by atoms with Crippen molar-refractivity contribution in [3.8, 4) is 0 Å². The van der Waals surface area contributed by atoms with E-state index in [4.69, 9.17) is 4.74 Å². The van der Waals surface area contributed by atoms with Gasteiger partial charge in [0.2, 0.25) is 0 Å². The summed E-state index contributed by atoms with van der Waals surface area (Å²) < 4.78 is 6.10. The number of piperidine rings is 1. The van der Waals surface area contributed by atoms with Gasteiger partial charge >= 0.3 is 5.97 Å². The zero-order valence-electron chi connectivity index (χ0n) is 16.9. The molecule has 0 atom stereocenters. The van der Waals surface area contributed by atoms with Gasteiger partial charge < -0.3 is 14.7 Å². The van der Waals surface area contributed by atoms with Crippen molar-refractivity contribution in [2.45, 2.75) is 32.3 Å². The highest BCUT2D eigenvalue weighted by Gasteiger charge is 2.22. The van der Waals surface area contributed by atoms with Crippen molar-refractivity contribution < 1.29 is 14.6 Å². The van der Waals surface area contributed by atoms with E-state index in [9.17, 15) is 9.90 Å². The van der Waals surface area contributed by atoms with Crippen molar-refractivity contribution in [2.24, 2.45) is 5.92 Å². The monoisotopic (exact) mass is 389 g/mol. The molecule has 0 radical (unpaired) electrons. The molecule has 1 saturated heterocycles. The molecule has 1 aromatic rings. The molecule has 1 aliphatic carbocycles. The quantitative estimate of drug-likeness (QED) is 0.758. The largest absolute Gasteiger partial charge is 0.488 e. The van der Waals surface area contributed by atoms with Gasteiger partial charge in [-0.15, -0.1) is 5.73 Å². The molecule has 4 rings (SSSR count). The Morgan fingerprint density at radius 3 is 2.86 bits per heavy atom. The zero-order chi connectivity index (χ0) is 20.2. The molecular weight excluding hydrogens is 362 g/mol. The highest BCUT2D eigenvalue weighted by Crippen LogP contribution is 2.37. The second-order valence-corrected chi connectivity index (χ2v) is 8.07. The van der Waals surface area contributed by atoms with Crippen LogP contribution in [0.1, 0.15) is 36.8 Å². The Hall–Kier alpha value is -2.81. The fourth-order valence-electron chi connectivity index (χ4n) is 4.22. The minimum atomic E-state index is -0.842. The van der Waals surface area contributed by atoms with Gasteiger partial charge in [0.05, 0.1) is 6.42 Å². The molecule has 0 saturated carbocycles. The van der Waals surface area contributed by atoms with Gasteiger partial charge in [0.1, 0.15) is 12.4 Å². The number of aliphatic carboxylic acids is 1. The molecular formula is C25H27NO3. The molecule has 4 heteroatoms. The molecule has 1 N–H and O–H groups in total. The summed E-state index contributed by atoms with van der Waals surface area (Å²) in [5.41, 5.74) is 8.25. The highest BCUT2D eigenvalue weighted by molar-refractivity contribution is 5.86. The number of hydrogen-bond acceptors (Lipinski definition) is 3. The van der Waals surface area contributed by atoms with Crippen molar-refractivity contribution in [1.29, 1.82) is 0 Å². The van der Waals surface area contributed by atoms with Crippen LogP contribution in [0.5, 0.6) is 0 Å². The zero-order valence-corrected chi connectivity index (χ0v) is 16.9. The van der Waals surface area contributed by atoms with Gasteiger partial charge in [0.15, 0.2) is 0 Å². The second kappa shape index (κ2) is 8.69. The maximum absolute atomic E-state index is 11.3. The molecule has 0 aromatic heterocycles. The van der Waals surface area contributed by atoms with E-state index < -0.39 is 5.97 Å². The molecule has 0 spiro atoms. The molecule has 0 unspecified atom stereocenters. The van der Waals surface area contributed by atoms with Gasteiger partial charge in [0, 0.05) is 11.6 Å². The smallest absolute Gasteiger partial charge is 0.307 e. The minimum Gasteiger partial charge on any atom is -0.488 e. The molecule has 1 aromatic carbocycles. The van der Waals surface area contributed by atoms with Gasteiger partial charge in [-0.2, -0.15) is 0 Å². The van der Waals surface area contributed by atoms with E-state index in [1.54, 1.807) is 6.08 Å². The maximum Gasteiger partial charge on any atom is 0.307 e. The lowest BCUT2D eigenvalue weighted by Crippen LogP contribution is -2.29. The number of rotatable bonds is 4. The van der Waals surface area contributed by atoms with Gasteiger partial charge in [-0.1, -0.05) is 30.3 Å². The average Bonchev–Trinajstić information content (AvgIpc) is 2.98. The van der Waals surface area contributed by atoms with Gasteiger partial charge in [-0.3, -0.25) is 4.79 Å². The number of benzene rings is 1. The number of ether oxygens (including phenoxy) is 1. The standard InChI is InChI=1S/C25H27NO3/c1-26-13-11-18(12-14-26)9-10-22-21-7-3-2-6-20(21)17-29-24-8-4-5-19(15-23(22)24)16-25(27)28/h2-3,5-8,10,15,18H,9,11-14,16-17H2,1H3,(H,27,28)/b22-10+. The van der Waals surface area contributed by atoms with Crippen LogP contribution in [0.4, 0.5) is 0 Å². The van der Waals surface area contributed by atoms with Crippen molar-refractivity contribution in [1.82, 2.24) is 4.90 Å². The summed E-state index contributed by atoms with van der Waals surface area (Å²) in [5.74, 6) is 0.596. The van der Waals surface area contributed by atoms with Crippen molar-refractivity contribution in [2.75, 3.05) is 20.1 Å². The molecule has 2 heterocycles. The Bertz CT molecular complexity index is 952. The van der Waals surface area contributed by atoms with Crippen molar-refractivity contribution in [3.63, 3.8) is 0 Å². The molecule has 0 bridgehead atoms. The fourth-order valence-corrected chi connectivity index (χ4v) is 4.22. The SMILES string of the molecule is CN1CCC(C/C=C2/C3=C(C=C=CC(CC(=O)O)=C3)OCc3ccccc32)CC1. The van der Waals surface area contributed by atoms with E-state index in [1.807, 2.05) is 18.2 Å². The van der Waals surface area contributed by atoms with Crippen LogP contribution in [0.2, 0.25) is 0 Å². The first-order valence-corrected chi connectivity index (χ1v) is 10.3. The first kappa shape index (κ1) is 19.5. The summed E-state index contributed by atoms with van der Waals surface area (Å²) in [6, 6.07) is 8.34. The summed E-state index contributed by atoms with van der Waals surface area (Å²) in [7, 11) is 2.18. The lowest BCUT2D eigenvalue weighted by atomic mass is 9.88. The molecule has 3 aliphatic rings. The van der Waals surface area contributed by atoms with E-state index in [0.29, 0.717) is 12.5 Å². The topological polar surface area (TPSA) is 49.8 Å². The summed E-state index contributed by atoms with van der Waals surface area (Å²) in [5, 5.41) is 9.26. The van der Waals surface area contributed by atoms with E-state index in [-0.39, 0.29) is 6.42 Å². The van der Waals surface area contributed by atoms with Gasteiger partial charge in [0.25, 0.3) is 0 Å². The summed E-state index contributed by atoms with van der Waals surface area (Å²) >= 11 is 0. The Morgan fingerprint density at radius 2 is 2.07 bits per heavy atom. The van der Waals surface area contributed by atoms with E-state index in [2.05, 4.69) is 42.0 Å². The Morgan fingerprint density at radius 1 is 1.28 bits per heavy atom. The van der Waals surface area contributed by atoms with Gasteiger partial charge in [-0.25, -0.2) is 0 Å². The molecule has 150 valence electrons. The van der Waals surface area contributed by atoms with Crippen LogP contribution in [-0.2, 0) is 16.1 Å². The minimum absolute atomic E-state index is 0.0263. The number of allylic oxidation sites excluding steroid dienone is 5. The number of hydrogen-bond donors (Lipinski definition) is 1. The Balaban J connectivity index is 1.73. The number of carbonyl (C=O) groups is 1. The Labute approximate surface area is 172 Å². The molecule has 1 fully saturated rings. The van der Waals surface area contributed by atoms with Gasteiger partial charge in [-0.05, 0) is 79.7 Å². The van der Waals surface area contributed by atoms with Crippen LogP contribution < -0.4 is 0 Å². The van der Waals surface area contributed by atoms with Crippen LogP contribution in [0, 0.1) is 5.92 Å². The van der Waals surface area contributed by atoms with Crippen LogP contribution in [0.3, 0.4) is 0 Å². The van der Waals surface area contributed by atoms with E-state index in [0.717, 1.165) is 47.6 Å². The first-order valence-electron chi connectivity index (χ1n) is 10.3. The van der Waals surface area contributed by atoms with Crippen LogP contribution in [-0.4, -0.2) is 36.1 Å². The number of carboxylic acid groups (broad SMARTS) is 1. The molecule has 0 amide bonds. The third-order valence-corrected chi connectivity index (χ3v) is 5.91. The maximum atomic E-state index is 11.3. The molecule has 2 aliphatic heterocycles. The lowest BCUT2D eigenvalue weighted by molar-refractivity contribution is -0.136. The van der Waals surface area contributed by atoms with E-state index in [1.165, 1.54) is 18.4 Å². The van der Waals surface area contributed by atoms with Crippen LogP contribution >= 0.6 is 0 Å². The fraction of sp³-hybridized carbons (Fsp3) is 0.360. The normalized spacial score (nSPS) is 21.1. The number of nitrogens with zero attached hydrogens (tertiary/aromatic N) is 1. The third-order valence-electron chi connectivity index (χ3n) is 5.91. The van der Waals surface area contributed by atoms with Crippen LogP contribution in [0.25, 0.3) is 5.57 Å².